The molecular formula is C31H35N6O10P. The van der Waals surface area contributed by atoms with Gasteiger partial charge in [0.1, 0.15) is 17.6 Å². The van der Waals surface area contributed by atoms with Crippen LogP contribution in [0.25, 0.3) is 5.52 Å². The highest BCUT2D eigenvalue weighted by molar-refractivity contribution is 7.46. The van der Waals surface area contributed by atoms with Crippen molar-refractivity contribution in [3.8, 4) is 5.75 Å². The third-order valence-corrected chi connectivity index (χ3v) is 7.38. The molecule has 0 fully saturated rings. The fraction of sp³-hybridized carbons (Fsp3) is 0.290. The molecule has 0 radical (unpaired) electrons. The minimum Gasteiger partial charge on any atom is -0.428 e. The number of benzene rings is 2. The minimum atomic E-state index is -4.74. The van der Waals surface area contributed by atoms with Gasteiger partial charge in [-0.3, -0.25) is 24.2 Å². The number of hydrogen-bond acceptors (Lipinski definition) is 10. The van der Waals surface area contributed by atoms with Gasteiger partial charge in [-0.1, -0.05) is 25.1 Å². The fourth-order valence-electron chi connectivity index (χ4n) is 4.65. The van der Waals surface area contributed by atoms with E-state index in [2.05, 4.69) is 25.2 Å². The van der Waals surface area contributed by atoms with Gasteiger partial charge in [0.15, 0.2) is 5.82 Å². The molecule has 4 N–H and O–H groups in total. The Kier molecular flexibility index (Phi) is 11.5. The number of rotatable bonds is 13. The Morgan fingerprint density at radius 3 is 2.38 bits per heavy atom. The maximum absolute atomic E-state index is 13.8. The lowest BCUT2D eigenvalue weighted by molar-refractivity contribution is -0.150. The van der Waals surface area contributed by atoms with Gasteiger partial charge in [0, 0.05) is 24.8 Å². The molecule has 0 bridgehead atoms. The second kappa shape index (κ2) is 15.5. The summed E-state index contributed by atoms with van der Waals surface area (Å²) in [5.74, 6) is -1.51. The number of hydrogen-bond donors (Lipinski definition) is 4. The van der Waals surface area contributed by atoms with Crippen LogP contribution in [-0.4, -0.2) is 68.1 Å². The number of esters is 1. The molecule has 0 atom stereocenters. The molecular weight excluding hydrogens is 647 g/mol. The van der Waals surface area contributed by atoms with Gasteiger partial charge in [0.05, 0.1) is 17.7 Å². The lowest BCUT2D eigenvalue weighted by atomic mass is 10.1. The van der Waals surface area contributed by atoms with Gasteiger partial charge < -0.3 is 24.6 Å². The van der Waals surface area contributed by atoms with Crippen LogP contribution in [0.3, 0.4) is 0 Å². The maximum atomic E-state index is 13.8. The van der Waals surface area contributed by atoms with Crippen molar-refractivity contribution in [1.29, 1.82) is 0 Å². The number of aromatic nitrogens is 3. The van der Waals surface area contributed by atoms with Gasteiger partial charge >= 0.3 is 19.9 Å². The van der Waals surface area contributed by atoms with E-state index in [0.717, 1.165) is 11.3 Å². The molecule has 254 valence electrons. The first-order chi connectivity index (χ1) is 22.8. The number of ether oxygens (including phenoxy) is 2. The Morgan fingerprint density at radius 2 is 1.71 bits per heavy atom. The molecule has 0 saturated carbocycles. The molecule has 2 heterocycles. The predicted molar refractivity (Wildman–Crippen MR) is 172 cm³/mol. The number of phosphoric ester groups is 1. The third-order valence-electron chi connectivity index (χ3n) is 6.93. The average molecular weight is 683 g/mol. The molecule has 0 aliphatic rings. The molecule has 0 spiro atoms. The third kappa shape index (κ3) is 8.73. The average Bonchev–Trinajstić information content (AvgIpc) is 3.38. The number of carbonyl (C=O) groups excluding carboxylic acids is 4. The topological polar surface area (TPSA) is 211 Å². The lowest BCUT2D eigenvalue weighted by Gasteiger charge is -2.24. The van der Waals surface area contributed by atoms with E-state index in [1.54, 1.807) is 32.9 Å². The van der Waals surface area contributed by atoms with E-state index in [-0.39, 0.29) is 41.1 Å². The molecule has 0 aliphatic carbocycles. The van der Waals surface area contributed by atoms with Gasteiger partial charge in [-0.15, -0.1) is 0 Å². The molecule has 0 unspecified atom stereocenters. The molecule has 16 nitrogen and oxygen atoms in total. The first-order valence-corrected chi connectivity index (χ1v) is 16.3. The van der Waals surface area contributed by atoms with Crippen LogP contribution in [0.5, 0.6) is 5.75 Å². The minimum absolute atomic E-state index is 0.0436. The summed E-state index contributed by atoms with van der Waals surface area (Å²) in [6.07, 6.45) is 2.21. The molecule has 4 rings (SSSR count). The summed E-state index contributed by atoms with van der Waals surface area (Å²) in [7, 11) is -4.74. The SMILES string of the molecule is CCCNC(=O)c1cn2ncnc(N(C(=O)OCOC(=O)Cc3ccc(OP(=O)(O)O)cc3)c3cc(C(=O)NCC)ccc3C)c2c1C. The number of aryl methyl sites for hydroxylation is 2. The van der Waals surface area contributed by atoms with Crippen molar-refractivity contribution in [2.45, 2.75) is 40.5 Å². The summed E-state index contributed by atoms with van der Waals surface area (Å²) in [5.41, 5.74) is 2.64. The van der Waals surface area contributed by atoms with Crippen LogP contribution in [0.4, 0.5) is 16.3 Å². The van der Waals surface area contributed by atoms with Gasteiger partial charge in [0.25, 0.3) is 11.8 Å². The number of phosphoric acid groups is 1. The van der Waals surface area contributed by atoms with Crippen LogP contribution in [0, 0.1) is 13.8 Å². The van der Waals surface area contributed by atoms with Crippen molar-refractivity contribution in [3.63, 3.8) is 0 Å². The number of anilines is 2. The fourth-order valence-corrected chi connectivity index (χ4v) is 5.05. The molecule has 2 aromatic carbocycles. The van der Waals surface area contributed by atoms with E-state index in [1.165, 1.54) is 47.4 Å². The van der Waals surface area contributed by atoms with Crippen molar-refractivity contribution in [3.05, 3.63) is 82.8 Å². The highest BCUT2D eigenvalue weighted by atomic mass is 31.2. The molecule has 17 heteroatoms. The second-order valence-electron chi connectivity index (χ2n) is 10.4. The molecule has 48 heavy (non-hydrogen) atoms. The van der Waals surface area contributed by atoms with Crippen molar-refractivity contribution in [2.24, 2.45) is 0 Å². The number of carbonyl (C=O) groups is 4. The lowest BCUT2D eigenvalue weighted by Crippen LogP contribution is -2.31. The van der Waals surface area contributed by atoms with Crippen LogP contribution in [0.2, 0.25) is 0 Å². The Bertz CT molecular complexity index is 1870. The van der Waals surface area contributed by atoms with Gasteiger partial charge in [-0.05, 0) is 68.1 Å². The summed E-state index contributed by atoms with van der Waals surface area (Å²) in [4.78, 5) is 75.3. The smallest absolute Gasteiger partial charge is 0.428 e. The summed E-state index contributed by atoms with van der Waals surface area (Å²) in [6.45, 7) is 7.17. The van der Waals surface area contributed by atoms with Crippen molar-refractivity contribution >= 4 is 48.7 Å². The van der Waals surface area contributed by atoms with Gasteiger partial charge in [0.2, 0.25) is 6.79 Å². The zero-order valence-electron chi connectivity index (χ0n) is 26.6. The zero-order valence-corrected chi connectivity index (χ0v) is 27.5. The number of nitrogens with one attached hydrogen (secondary N) is 2. The van der Waals surface area contributed by atoms with Crippen molar-refractivity contribution in [1.82, 2.24) is 25.2 Å². The van der Waals surface area contributed by atoms with Crippen LogP contribution < -0.4 is 20.1 Å². The number of nitrogens with zero attached hydrogens (tertiary/aromatic N) is 4. The van der Waals surface area contributed by atoms with Crippen LogP contribution in [0.15, 0.2) is 55.0 Å². The Balaban J connectivity index is 1.63. The molecule has 2 aromatic heterocycles. The molecule has 4 aromatic rings. The number of fused-ring (bicyclic) bond motifs is 1. The first-order valence-electron chi connectivity index (χ1n) is 14.8. The zero-order chi connectivity index (χ0) is 35.0. The van der Waals surface area contributed by atoms with E-state index in [0.29, 0.717) is 40.9 Å². The van der Waals surface area contributed by atoms with Crippen molar-refractivity contribution < 1.29 is 47.5 Å². The highest BCUT2D eigenvalue weighted by Gasteiger charge is 2.29. The van der Waals surface area contributed by atoms with Gasteiger partial charge in [-0.2, -0.15) is 5.10 Å². The maximum Gasteiger partial charge on any atom is 0.524 e. The largest absolute Gasteiger partial charge is 0.524 e. The summed E-state index contributed by atoms with van der Waals surface area (Å²) >= 11 is 0. The first kappa shape index (κ1) is 35.5. The summed E-state index contributed by atoms with van der Waals surface area (Å²) < 4.78 is 27.4. The normalized spacial score (nSPS) is 11.1. The van der Waals surface area contributed by atoms with E-state index >= 15 is 0 Å². The second-order valence-corrected chi connectivity index (χ2v) is 11.6. The van der Waals surface area contributed by atoms with Crippen molar-refractivity contribution in [2.75, 3.05) is 24.8 Å². The Morgan fingerprint density at radius 1 is 0.979 bits per heavy atom. The number of amides is 3. The van der Waals surface area contributed by atoms with E-state index in [1.807, 2.05) is 6.92 Å². The monoisotopic (exact) mass is 682 g/mol. The molecule has 3 amide bonds. The Labute approximate surface area is 275 Å². The molecule has 0 aliphatic heterocycles. The van der Waals surface area contributed by atoms with Gasteiger partial charge in [-0.25, -0.2) is 23.8 Å². The van der Waals surface area contributed by atoms with Crippen LogP contribution in [-0.2, 0) is 25.3 Å². The van der Waals surface area contributed by atoms with Crippen LogP contribution in [0.1, 0.15) is 57.7 Å². The standard InChI is InChI=1S/C31H35N6O10P/c1-5-13-33-30(40)24-16-36-27(20(24)4)28(34-17-35-36)37(25-15-22(10-7-19(25)3)29(39)32-6-2)31(41)46-18-45-26(38)14-21-8-11-23(12-9-21)47-48(42,43)44/h7-12,15-17H,5-6,13-14,18H2,1-4H3,(H,32,39)(H,33,40)(H2,42,43,44). The summed E-state index contributed by atoms with van der Waals surface area (Å²) in [5, 5.41) is 9.77. The van der Waals surface area contributed by atoms with Crippen LogP contribution >= 0.6 is 7.82 Å². The Hall–Kier alpha value is -5.31. The van der Waals surface area contributed by atoms with E-state index in [9.17, 15) is 23.7 Å². The quantitative estimate of drug-likeness (QED) is 0.0903. The summed E-state index contributed by atoms with van der Waals surface area (Å²) in [6, 6.07) is 10.2. The van der Waals surface area contributed by atoms with E-state index < -0.39 is 26.7 Å². The predicted octanol–water partition coefficient (Wildman–Crippen LogP) is 3.73. The highest BCUT2D eigenvalue weighted by Crippen LogP contribution is 2.37. The molecule has 0 saturated heterocycles. The van der Waals surface area contributed by atoms with E-state index in [4.69, 9.17) is 19.3 Å².